The van der Waals surface area contributed by atoms with Crippen molar-refractivity contribution in [1.82, 2.24) is 5.32 Å². The first-order chi connectivity index (χ1) is 11.3. The van der Waals surface area contributed by atoms with Crippen LogP contribution < -0.4 is 10.6 Å². The zero-order valence-electron chi connectivity index (χ0n) is 13.1. The van der Waals surface area contributed by atoms with Gasteiger partial charge in [-0.15, -0.1) is 0 Å². The van der Waals surface area contributed by atoms with E-state index in [4.69, 9.17) is 15.5 Å². The van der Waals surface area contributed by atoms with Crippen molar-refractivity contribution in [3.63, 3.8) is 0 Å². The number of nitrogens with one attached hydrogen (secondary N) is 2. The molecule has 4 N–H and O–H groups in total. The molecule has 1 amide bonds. The number of carbonyl (C=O) groups excluding carboxylic acids is 1. The number of benzene rings is 1. The van der Waals surface area contributed by atoms with E-state index in [0.29, 0.717) is 5.69 Å². The van der Waals surface area contributed by atoms with Crippen molar-refractivity contribution < 1.29 is 24.6 Å². The van der Waals surface area contributed by atoms with Crippen LogP contribution >= 0.6 is 0 Å². The first kappa shape index (κ1) is 18.7. The highest BCUT2D eigenvalue weighted by molar-refractivity contribution is 5.99. The molecule has 1 rings (SSSR count). The summed E-state index contributed by atoms with van der Waals surface area (Å²) in [4.78, 5) is 34.0. The molecule has 1 atom stereocenters. The molecule has 0 radical (unpaired) electrons. The Morgan fingerprint density at radius 3 is 2.42 bits per heavy atom. The molecule has 1 unspecified atom stereocenters. The van der Waals surface area contributed by atoms with E-state index in [1.165, 1.54) is 18.2 Å². The third kappa shape index (κ3) is 5.14. The van der Waals surface area contributed by atoms with Gasteiger partial charge in [0.25, 0.3) is 5.91 Å². The van der Waals surface area contributed by atoms with Crippen molar-refractivity contribution in [2.75, 3.05) is 5.32 Å². The molecular weight excluding hydrogens is 314 g/mol. The Morgan fingerprint density at radius 1 is 1.25 bits per heavy atom. The molecule has 24 heavy (non-hydrogen) atoms. The summed E-state index contributed by atoms with van der Waals surface area (Å²) in [5.41, 5.74) is 0.0823. The van der Waals surface area contributed by atoms with E-state index in [0.717, 1.165) is 6.20 Å². The lowest BCUT2D eigenvalue weighted by atomic mass is 10.0. The second kappa shape index (κ2) is 8.33. The van der Waals surface area contributed by atoms with Crippen molar-refractivity contribution in [3.8, 4) is 6.07 Å². The summed E-state index contributed by atoms with van der Waals surface area (Å²) < 4.78 is 0. The number of carboxylic acid groups (broad SMARTS) is 2. The number of anilines is 1. The number of hydrogen-bond acceptors (Lipinski definition) is 5. The monoisotopic (exact) mass is 331 g/mol. The van der Waals surface area contributed by atoms with Crippen molar-refractivity contribution in [2.24, 2.45) is 5.92 Å². The number of aliphatic carboxylic acids is 1. The minimum absolute atomic E-state index is 0.0436. The number of rotatable bonds is 7. The molecule has 0 aliphatic heterocycles. The largest absolute Gasteiger partial charge is 0.480 e. The van der Waals surface area contributed by atoms with E-state index >= 15 is 0 Å². The molecule has 8 heteroatoms. The van der Waals surface area contributed by atoms with Gasteiger partial charge in [0.05, 0.1) is 5.56 Å². The van der Waals surface area contributed by atoms with Gasteiger partial charge in [-0.1, -0.05) is 19.9 Å². The maximum absolute atomic E-state index is 12.0. The van der Waals surface area contributed by atoms with Gasteiger partial charge >= 0.3 is 11.9 Å². The van der Waals surface area contributed by atoms with Crippen molar-refractivity contribution in [2.45, 2.75) is 19.9 Å². The summed E-state index contributed by atoms with van der Waals surface area (Å²) >= 11 is 0. The van der Waals surface area contributed by atoms with Crippen molar-refractivity contribution in [1.29, 1.82) is 5.26 Å². The number of nitriles is 1. The van der Waals surface area contributed by atoms with E-state index in [1.807, 2.05) is 0 Å². The highest BCUT2D eigenvalue weighted by atomic mass is 16.4. The summed E-state index contributed by atoms with van der Waals surface area (Å²) in [6.07, 6.45) is 1.09. The summed E-state index contributed by atoms with van der Waals surface area (Å²) in [7, 11) is 0. The van der Waals surface area contributed by atoms with Crippen molar-refractivity contribution >= 4 is 23.5 Å². The molecule has 1 aromatic rings. The van der Waals surface area contributed by atoms with Crippen LogP contribution in [0.25, 0.3) is 0 Å². The second-order valence-electron chi connectivity index (χ2n) is 5.23. The van der Waals surface area contributed by atoms with Crippen LogP contribution in [0.2, 0.25) is 0 Å². The molecule has 0 aliphatic rings. The van der Waals surface area contributed by atoms with E-state index in [-0.39, 0.29) is 17.1 Å². The van der Waals surface area contributed by atoms with Crippen LogP contribution in [0.3, 0.4) is 0 Å². The highest BCUT2D eigenvalue weighted by Gasteiger charge is 2.24. The van der Waals surface area contributed by atoms with Crippen LogP contribution in [0, 0.1) is 17.2 Å². The molecule has 0 heterocycles. The van der Waals surface area contributed by atoms with E-state index < -0.39 is 23.9 Å². The lowest BCUT2D eigenvalue weighted by Gasteiger charge is -2.17. The Balaban J connectivity index is 2.89. The van der Waals surface area contributed by atoms with Gasteiger partial charge in [-0.05, 0) is 24.1 Å². The number of hydrogen-bond donors (Lipinski definition) is 4. The Bertz CT molecular complexity index is 719. The molecule has 0 saturated heterocycles. The number of carbonyl (C=O) groups is 3. The molecule has 0 bridgehead atoms. The van der Waals surface area contributed by atoms with Crippen molar-refractivity contribution in [3.05, 3.63) is 41.6 Å². The molecule has 0 saturated carbocycles. The quantitative estimate of drug-likeness (QED) is 0.437. The van der Waals surface area contributed by atoms with Crippen LogP contribution in [-0.4, -0.2) is 34.1 Å². The maximum Gasteiger partial charge on any atom is 0.335 e. The fraction of sp³-hybridized carbons (Fsp3) is 0.250. The van der Waals surface area contributed by atoms with Gasteiger partial charge < -0.3 is 20.8 Å². The lowest BCUT2D eigenvalue weighted by Crippen LogP contribution is -2.44. The Hall–Kier alpha value is -3.34. The zero-order chi connectivity index (χ0) is 18.3. The van der Waals surface area contributed by atoms with Gasteiger partial charge in [-0.25, -0.2) is 9.59 Å². The standard InChI is InChI=1S/C16H17N3O5/c1-9(2)13(16(23)24)19-14(20)11(7-17)8-18-12-5-3-4-10(6-12)15(21)22/h3-6,8-9,13,18H,1-2H3,(H,19,20)(H,21,22)(H,23,24)/b11-8-. The minimum Gasteiger partial charge on any atom is -0.480 e. The van der Waals surface area contributed by atoms with Gasteiger partial charge in [0, 0.05) is 11.9 Å². The van der Waals surface area contributed by atoms with Crippen LogP contribution in [0.4, 0.5) is 5.69 Å². The summed E-state index contributed by atoms with van der Waals surface area (Å²) in [5, 5.41) is 31.9. The van der Waals surface area contributed by atoms with Crippen LogP contribution in [0.5, 0.6) is 0 Å². The predicted octanol–water partition coefficient (Wildman–Crippen LogP) is 1.43. The SMILES string of the molecule is CC(C)C(NC(=O)/C(C#N)=C\Nc1cccc(C(=O)O)c1)C(=O)O. The average molecular weight is 331 g/mol. The van der Waals surface area contributed by atoms with Crippen LogP contribution in [0.1, 0.15) is 24.2 Å². The first-order valence-corrected chi connectivity index (χ1v) is 7.00. The van der Waals surface area contributed by atoms with Crippen LogP contribution in [0.15, 0.2) is 36.0 Å². The highest BCUT2D eigenvalue weighted by Crippen LogP contribution is 2.11. The first-order valence-electron chi connectivity index (χ1n) is 7.00. The fourth-order valence-corrected chi connectivity index (χ4v) is 1.78. The third-order valence-electron chi connectivity index (χ3n) is 3.08. The Morgan fingerprint density at radius 2 is 1.92 bits per heavy atom. The Kier molecular flexibility index (Phi) is 6.50. The summed E-state index contributed by atoms with van der Waals surface area (Å²) in [6.45, 7) is 3.26. The molecule has 0 spiro atoms. The van der Waals surface area contributed by atoms with Gasteiger partial charge in [-0.3, -0.25) is 4.79 Å². The minimum atomic E-state index is -1.20. The normalized spacial score (nSPS) is 12.2. The van der Waals surface area contributed by atoms with Gasteiger partial charge in [0.2, 0.25) is 0 Å². The maximum atomic E-state index is 12.0. The fourth-order valence-electron chi connectivity index (χ4n) is 1.78. The van der Waals surface area contributed by atoms with Crippen LogP contribution in [-0.2, 0) is 9.59 Å². The lowest BCUT2D eigenvalue weighted by molar-refractivity contribution is -0.142. The second-order valence-corrected chi connectivity index (χ2v) is 5.23. The summed E-state index contributed by atoms with van der Waals surface area (Å²) in [6, 6.07) is 6.34. The zero-order valence-corrected chi connectivity index (χ0v) is 13.1. The third-order valence-corrected chi connectivity index (χ3v) is 3.08. The molecular formula is C16H17N3O5. The Labute approximate surface area is 138 Å². The number of aromatic carboxylic acids is 1. The molecule has 0 fully saturated rings. The average Bonchev–Trinajstić information content (AvgIpc) is 2.52. The molecule has 0 aliphatic carbocycles. The van der Waals surface area contributed by atoms with Gasteiger partial charge in [-0.2, -0.15) is 5.26 Å². The summed E-state index contributed by atoms with van der Waals surface area (Å²) in [5.74, 6) is -3.49. The van der Waals surface area contributed by atoms with E-state index in [9.17, 15) is 14.4 Å². The molecule has 1 aromatic carbocycles. The van der Waals surface area contributed by atoms with Gasteiger partial charge in [0.1, 0.15) is 17.7 Å². The topological polar surface area (TPSA) is 140 Å². The molecule has 126 valence electrons. The predicted molar refractivity (Wildman–Crippen MR) is 85.1 cm³/mol. The smallest absolute Gasteiger partial charge is 0.335 e. The molecule has 8 nitrogen and oxygen atoms in total. The van der Waals surface area contributed by atoms with E-state index in [2.05, 4.69) is 10.6 Å². The van der Waals surface area contributed by atoms with E-state index in [1.54, 1.807) is 26.0 Å². The number of nitrogens with zero attached hydrogens (tertiary/aromatic N) is 1. The number of carboxylic acids is 2. The molecule has 0 aromatic heterocycles. The van der Waals surface area contributed by atoms with Gasteiger partial charge in [0.15, 0.2) is 0 Å². The number of amides is 1.